The van der Waals surface area contributed by atoms with Crippen LogP contribution >= 0.6 is 0 Å². The van der Waals surface area contributed by atoms with Crippen LogP contribution in [-0.2, 0) is 4.79 Å². The molecule has 2 N–H and O–H groups in total. The van der Waals surface area contributed by atoms with Gasteiger partial charge in [-0.1, -0.05) is 0 Å². The number of anilines is 1. The SMILES string of the molecule is CC(Nc1cc(F)cc([N+](=O)[O-])c1)(C(=O)O)C1CC1. The molecule has 102 valence electrons. The van der Waals surface area contributed by atoms with Crippen LogP contribution in [0.4, 0.5) is 15.8 Å². The number of hydrogen-bond acceptors (Lipinski definition) is 4. The van der Waals surface area contributed by atoms with E-state index in [1.807, 2.05) is 0 Å². The topological polar surface area (TPSA) is 92.5 Å². The minimum atomic E-state index is -1.23. The summed E-state index contributed by atoms with van der Waals surface area (Å²) < 4.78 is 13.3. The molecule has 1 aliphatic rings. The lowest BCUT2D eigenvalue weighted by molar-refractivity contribution is -0.385. The lowest BCUT2D eigenvalue weighted by Crippen LogP contribution is -2.45. The van der Waals surface area contributed by atoms with Crippen molar-refractivity contribution in [1.29, 1.82) is 0 Å². The Morgan fingerprint density at radius 2 is 2.16 bits per heavy atom. The average molecular weight is 268 g/mol. The zero-order valence-corrected chi connectivity index (χ0v) is 10.2. The third-order valence-electron chi connectivity index (χ3n) is 3.34. The Bertz CT molecular complexity index is 545. The van der Waals surface area contributed by atoms with E-state index in [1.54, 1.807) is 0 Å². The Morgan fingerprint density at radius 3 is 2.63 bits per heavy atom. The molecule has 1 aliphatic carbocycles. The van der Waals surface area contributed by atoms with Gasteiger partial charge < -0.3 is 10.4 Å². The summed E-state index contributed by atoms with van der Waals surface area (Å²) in [6.07, 6.45) is 1.54. The van der Waals surface area contributed by atoms with Gasteiger partial charge in [0.05, 0.1) is 11.0 Å². The summed E-state index contributed by atoms with van der Waals surface area (Å²) in [6, 6.07) is 2.98. The van der Waals surface area contributed by atoms with E-state index in [9.17, 15) is 24.4 Å². The summed E-state index contributed by atoms with van der Waals surface area (Å²) in [5.41, 5.74) is -1.55. The van der Waals surface area contributed by atoms with Gasteiger partial charge in [-0.2, -0.15) is 0 Å². The number of carbonyl (C=O) groups is 1. The molecule has 0 amide bonds. The Labute approximate surface area is 108 Å². The second-order valence-corrected chi connectivity index (χ2v) is 4.86. The molecule has 1 aromatic carbocycles. The number of nitrogens with zero attached hydrogens (tertiary/aromatic N) is 1. The van der Waals surface area contributed by atoms with Crippen LogP contribution in [-0.4, -0.2) is 21.5 Å². The van der Waals surface area contributed by atoms with Gasteiger partial charge in [0.25, 0.3) is 5.69 Å². The van der Waals surface area contributed by atoms with Crippen LogP contribution in [0.15, 0.2) is 18.2 Å². The number of nitro groups is 1. The highest BCUT2D eigenvalue weighted by molar-refractivity contribution is 5.83. The molecule has 1 aromatic rings. The molecule has 0 radical (unpaired) electrons. The summed E-state index contributed by atoms with van der Waals surface area (Å²) in [4.78, 5) is 21.2. The maximum atomic E-state index is 13.3. The van der Waals surface area contributed by atoms with Gasteiger partial charge >= 0.3 is 5.97 Å². The zero-order chi connectivity index (χ0) is 14.2. The quantitative estimate of drug-likeness (QED) is 0.631. The fraction of sp³-hybridized carbons (Fsp3) is 0.417. The van der Waals surface area contributed by atoms with E-state index in [0.717, 1.165) is 31.0 Å². The van der Waals surface area contributed by atoms with Gasteiger partial charge in [-0.3, -0.25) is 10.1 Å². The van der Waals surface area contributed by atoms with E-state index in [-0.39, 0.29) is 11.6 Å². The molecule has 1 unspecified atom stereocenters. The maximum Gasteiger partial charge on any atom is 0.329 e. The third-order valence-corrected chi connectivity index (χ3v) is 3.34. The van der Waals surface area contributed by atoms with Gasteiger partial charge in [-0.05, 0) is 31.7 Å². The number of non-ortho nitro benzene ring substituents is 1. The van der Waals surface area contributed by atoms with Crippen molar-refractivity contribution < 1.29 is 19.2 Å². The smallest absolute Gasteiger partial charge is 0.329 e. The van der Waals surface area contributed by atoms with Crippen LogP contribution in [0.1, 0.15) is 19.8 Å². The molecule has 0 saturated heterocycles. The fourth-order valence-corrected chi connectivity index (χ4v) is 2.04. The highest BCUT2D eigenvalue weighted by Gasteiger charge is 2.47. The average Bonchev–Trinajstić information content (AvgIpc) is 3.11. The molecule has 6 nitrogen and oxygen atoms in total. The van der Waals surface area contributed by atoms with Crippen molar-refractivity contribution >= 4 is 17.3 Å². The van der Waals surface area contributed by atoms with Gasteiger partial charge in [0, 0.05) is 11.8 Å². The molecule has 7 heteroatoms. The molecule has 19 heavy (non-hydrogen) atoms. The Morgan fingerprint density at radius 1 is 1.53 bits per heavy atom. The van der Waals surface area contributed by atoms with Crippen LogP contribution in [0.3, 0.4) is 0 Å². The minimum absolute atomic E-state index is 0.0488. The molecule has 1 atom stereocenters. The van der Waals surface area contributed by atoms with E-state index in [4.69, 9.17) is 0 Å². The number of halogens is 1. The first-order chi connectivity index (χ1) is 8.83. The number of aliphatic carboxylic acids is 1. The van der Waals surface area contributed by atoms with E-state index in [1.165, 1.54) is 6.92 Å². The highest BCUT2D eigenvalue weighted by atomic mass is 19.1. The second-order valence-electron chi connectivity index (χ2n) is 4.86. The normalized spacial score (nSPS) is 17.6. The van der Waals surface area contributed by atoms with Crippen molar-refractivity contribution in [1.82, 2.24) is 0 Å². The second kappa shape index (κ2) is 4.49. The number of benzene rings is 1. The first-order valence-corrected chi connectivity index (χ1v) is 5.79. The molecule has 0 spiro atoms. The van der Waals surface area contributed by atoms with Crippen LogP contribution in [0.2, 0.25) is 0 Å². The molecule has 2 rings (SSSR count). The predicted octanol–water partition coefficient (Wildman–Crippen LogP) is 2.40. The minimum Gasteiger partial charge on any atom is -0.480 e. The fourth-order valence-electron chi connectivity index (χ4n) is 2.04. The standard InChI is InChI=1S/C12H13FN2O4/c1-12(11(16)17,7-2-3-7)14-9-4-8(13)5-10(6-9)15(18)19/h4-7,14H,2-3H2,1H3,(H,16,17). The number of carboxylic acid groups (broad SMARTS) is 1. The van der Waals surface area contributed by atoms with Crippen LogP contribution < -0.4 is 5.32 Å². The van der Waals surface area contributed by atoms with Crippen molar-refractivity contribution in [3.05, 3.63) is 34.1 Å². The summed E-state index contributed by atoms with van der Waals surface area (Å²) in [5.74, 6) is -1.88. The van der Waals surface area contributed by atoms with E-state index in [2.05, 4.69) is 5.32 Å². The molecule has 1 fully saturated rings. The summed E-state index contributed by atoms with van der Waals surface area (Å²) in [7, 11) is 0. The predicted molar refractivity (Wildman–Crippen MR) is 65.4 cm³/mol. The molecule has 0 heterocycles. The maximum absolute atomic E-state index is 13.3. The van der Waals surface area contributed by atoms with Crippen molar-refractivity contribution in [2.24, 2.45) is 5.92 Å². The highest BCUT2D eigenvalue weighted by Crippen LogP contribution is 2.42. The Balaban J connectivity index is 2.31. The molecule has 0 aliphatic heterocycles. The molecule has 0 aromatic heterocycles. The number of carboxylic acids is 1. The first kappa shape index (κ1) is 13.3. The Kier molecular flexibility index (Phi) is 3.13. The molecule has 0 bridgehead atoms. The van der Waals surface area contributed by atoms with Crippen molar-refractivity contribution in [3.63, 3.8) is 0 Å². The van der Waals surface area contributed by atoms with Crippen LogP contribution in [0.5, 0.6) is 0 Å². The van der Waals surface area contributed by atoms with Crippen LogP contribution in [0.25, 0.3) is 0 Å². The third kappa shape index (κ3) is 2.64. The molecule has 1 saturated carbocycles. The monoisotopic (exact) mass is 268 g/mol. The van der Waals surface area contributed by atoms with E-state index in [0.29, 0.717) is 0 Å². The van der Waals surface area contributed by atoms with Gasteiger partial charge in [0.15, 0.2) is 0 Å². The first-order valence-electron chi connectivity index (χ1n) is 5.79. The number of hydrogen-bond donors (Lipinski definition) is 2. The Hall–Kier alpha value is -2.18. The van der Waals surface area contributed by atoms with Crippen molar-refractivity contribution in [2.75, 3.05) is 5.32 Å². The number of nitrogens with one attached hydrogen (secondary N) is 1. The summed E-state index contributed by atoms with van der Waals surface area (Å²) in [6.45, 7) is 1.50. The van der Waals surface area contributed by atoms with Crippen LogP contribution in [0, 0.1) is 21.8 Å². The lowest BCUT2D eigenvalue weighted by Gasteiger charge is -2.27. The van der Waals surface area contributed by atoms with Crippen molar-refractivity contribution in [3.8, 4) is 0 Å². The summed E-state index contributed by atoms with van der Waals surface area (Å²) >= 11 is 0. The summed E-state index contributed by atoms with van der Waals surface area (Å²) in [5, 5.41) is 22.6. The van der Waals surface area contributed by atoms with Gasteiger partial charge in [-0.15, -0.1) is 0 Å². The number of rotatable bonds is 5. The van der Waals surface area contributed by atoms with Crippen molar-refractivity contribution in [2.45, 2.75) is 25.3 Å². The van der Waals surface area contributed by atoms with Gasteiger partial charge in [-0.25, -0.2) is 9.18 Å². The zero-order valence-electron chi connectivity index (χ0n) is 10.2. The largest absolute Gasteiger partial charge is 0.480 e. The van der Waals surface area contributed by atoms with E-state index < -0.39 is 27.9 Å². The van der Waals surface area contributed by atoms with E-state index >= 15 is 0 Å². The van der Waals surface area contributed by atoms with Gasteiger partial charge in [0.1, 0.15) is 11.4 Å². The molecular formula is C12H13FN2O4. The molecular weight excluding hydrogens is 255 g/mol. The number of nitro benzene ring substituents is 1. The lowest BCUT2D eigenvalue weighted by atomic mass is 9.95. The van der Waals surface area contributed by atoms with Gasteiger partial charge in [0.2, 0.25) is 0 Å².